The molecular weight excluding hydrogens is 330 g/mol. The molecule has 0 bridgehead atoms. The van der Waals surface area contributed by atoms with Gasteiger partial charge in [0.05, 0.1) is 11.9 Å². The van der Waals surface area contributed by atoms with Crippen molar-refractivity contribution in [2.45, 2.75) is 11.8 Å². The number of rotatable bonds is 3. The van der Waals surface area contributed by atoms with E-state index in [-0.39, 0.29) is 4.90 Å². The van der Waals surface area contributed by atoms with E-state index in [1.54, 1.807) is 31.3 Å². The second-order valence-corrected chi connectivity index (χ2v) is 6.49. The number of nitrogens with zero attached hydrogens (tertiary/aromatic N) is 1. The fraction of sp³-hybridized carbons (Fsp3) is 0.0833. The van der Waals surface area contributed by atoms with E-state index in [9.17, 15) is 8.42 Å². The van der Waals surface area contributed by atoms with Crippen molar-refractivity contribution in [3.8, 4) is 0 Å². The largest absolute Gasteiger partial charge is 0.399 e. The van der Waals surface area contributed by atoms with Crippen LogP contribution in [0.5, 0.6) is 0 Å². The number of benzene rings is 1. The SMILES string of the molecule is Cc1ccncc1NS(=O)(=O)c1cc(N)ccc1Br. The minimum Gasteiger partial charge on any atom is -0.399 e. The molecule has 0 radical (unpaired) electrons. The van der Waals surface area contributed by atoms with Gasteiger partial charge in [0.25, 0.3) is 10.0 Å². The number of aryl methyl sites for hydroxylation is 1. The minimum atomic E-state index is -3.71. The first kappa shape index (κ1) is 13.8. The third-order valence-electron chi connectivity index (χ3n) is 2.53. The molecule has 0 aliphatic carbocycles. The number of nitrogens with two attached hydrogens (primary N) is 1. The number of pyridine rings is 1. The summed E-state index contributed by atoms with van der Waals surface area (Å²) < 4.78 is 27.6. The normalized spacial score (nSPS) is 11.3. The van der Waals surface area contributed by atoms with Gasteiger partial charge >= 0.3 is 0 Å². The van der Waals surface area contributed by atoms with Crippen molar-refractivity contribution < 1.29 is 8.42 Å². The Balaban J connectivity index is 2.44. The van der Waals surface area contributed by atoms with Crippen LogP contribution in [0.4, 0.5) is 11.4 Å². The Morgan fingerprint density at radius 1 is 1.32 bits per heavy atom. The van der Waals surface area contributed by atoms with Gasteiger partial charge in [0.1, 0.15) is 4.90 Å². The van der Waals surface area contributed by atoms with Gasteiger partial charge in [0.15, 0.2) is 0 Å². The summed E-state index contributed by atoms with van der Waals surface area (Å²) in [6.07, 6.45) is 3.07. The molecule has 7 heteroatoms. The maximum Gasteiger partial charge on any atom is 0.263 e. The molecule has 0 aliphatic rings. The lowest BCUT2D eigenvalue weighted by Gasteiger charge is -2.11. The molecule has 0 fully saturated rings. The predicted octanol–water partition coefficient (Wildman–Crippen LogP) is 2.54. The molecule has 0 saturated heterocycles. The van der Waals surface area contributed by atoms with Crippen LogP contribution in [0.3, 0.4) is 0 Å². The van der Waals surface area contributed by atoms with E-state index < -0.39 is 10.0 Å². The van der Waals surface area contributed by atoms with Crippen LogP contribution in [0.15, 0.2) is 46.0 Å². The molecule has 0 unspecified atom stereocenters. The summed E-state index contributed by atoms with van der Waals surface area (Å²) in [7, 11) is -3.71. The maximum atomic E-state index is 12.3. The van der Waals surface area contributed by atoms with Gasteiger partial charge in [-0.05, 0) is 52.7 Å². The van der Waals surface area contributed by atoms with Gasteiger partial charge in [0.2, 0.25) is 0 Å². The number of nitrogen functional groups attached to an aromatic ring is 1. The summed E-state index contributed by atoms with van der Waals surface area (Å²) in [5.74, 6) is 0. The molecule has 3 N–H and O–H groups in total. The summed E-state index contributed by atoms with van der Waals surface area (Å²) in [4.78, 5) is 3.99. The van der Waals surface area contributed by atoms with E-state index in [1.165, 1.54) is 12.3 Å². The Bertz CT molecular complexity index is 717. The quantitative estimate of drug-likeness (QED) is 0.840. The molecule has 19 heavy (non-hydrogen) atoms. The van der Waals surface area contributed by atoms with E-state index in [2.05, 4.69) is 25.6 Å². The number of hydrogen-bond acceptors (Lipinski definition) is 4. The number of aromatic nitrogens is 1. The number of hydrogen-bond donors (Lipinski definition) is 2. The molecule has 0 amide bonds. The van der Waals surface area contributed by atoms with Gasteiger partial charge < -0.3 is 5.73 Å². The average molecular weight is 342 g/mol. The van der Waals surface area contributed by atoms with Crippen LogP contribution < -0.4 is 10.5 Å². The van der Waals surface area contributed by atoms with Crippen LogP contribution in [0.1, 0.15) is 5.56 Å². The Morgan fingerprint density at radius 3 is 2.74 bits per heavy atom. The highest BCUT2D eigenvalue weighted by Crippen LogP contribution is 2.26. The zero-order valence-corrected chi connectivity index (χ0v) is 12.5. The van der Waals surface area contributed by atoms with Crippen molar-refractivity contribution in [2.24, 2.45) is 0 Å². The summed E-state index contributed by atoms with van der Waals surface area (Å²) in [5, 5.41) is 0. The zero-order chi connectivity index (χ0) is 14.0. The first-order valence-corrected chi connectivity index (χ1v) is 7.66. The molecule has 2 aromatic rings. The fourth-order valence-electron chi connectivity index (χ4n) is 1.50. The van der Waals surface area contributed by atoms with Gasteiger partial charge in [-0.1, -0.05) is 0 Å². The topological polar surface area (TPSA) is 85.1 Å². The van der Waals surface area contributed by atoms with Crippen molar-refractivity contribution in [1.82, 2.24) is 4.98 Å². The van der Waals surface area contributed by atoms with Crippen LogP contribution >= 0.6 is 15.9 Å². The molecule has 0 spiro atoms. The Kier molecular flexibility index (Phi) is 3.77. The first-order chi connectivity index (χ1) is 8.90. The maximum absolute atomic E-state index is 12.3. The third kappa shape index (κ3) is 3.05. The molecule has 2 rings (SSSR count). The van der Waals surface area contributed by atoms with Crippen molar-refractivity contribution in [3.63, 3.8) is 0 Å². The second kappa shape index (κ2) is 5.18. The first-order valence-electron chi connectivity index (χ1n) is 5.38. The Labute approximate surface area is 120 Å². The van der Waals surface area contributed by atoms with Gasteiger partial charge in [0, 0.05) is 16.4 Å². The number of nitrogens with one attached hydrogen (secondary N) is 1. The van der Waals surface area contributed by atoms with Gasteiger partial charge in [-0.15, -0.1) is 0 Å². The minimum absolute atomic E-state index is 0.0933. The summed E-state index contributed by atoms with van der Waals surface area (Å²) in [5.41, 5.74) is 7.23. The lowest BCUT2D eigenvalue weighted by Crippen LogP contribution is -2.14. The van der Waals surface area contributed by atoms with Crippen LogP contribution in [0.25, 0.3) is 0 Å². The number of sulfonamides is 1. The smallest absolute Gasteiger partial charge is 0.263 e. The van der Waals surface area contributed by atoms with Crippen molar-refractivity contribution in [2.75, 3.05) is 10.5 Å². The molecule has 1 aromatic carbocycles. The summed E-state index contributed by atoms with van der Waals surface area (Å²) in [6, 6.07) is 6.35. The van der Waals surface area contributed by atoms with E-state index in [0.29, 0.717) is 15.8 Å². The highest BCUT2D eigenvalue weighted by molar-refractivity contribution is 9.10. The zero-order valence-electron chi connectivity index (χ0n) is 10.1. The fourth-order valence-corrected chi connectivity index (χ4v) is 3.61. The van der Waals surface area contributed by atoms with Crippen LogP contribution in [0.2, 0.25) is 0 Å². The number of halogens is 1. The van der Waals surface area contributed by atoms with E-state index in [4.69, 9.17) is 5.73 Å². The monoisotopic (exact) mass is 341 g/mol. The lowest BCUT2D eigenvalue weighted by atomic mass is 10.3. The van der Waals surface area contributed by atoms with Crippen molar-refractivity contribution >= 4 is 37.3 Å². The van der Waals surface area contributed by atoms with Gasteiger partial charge in [-0.2, -0.15) is 0 Å². The predicted molar refractivity (Wildman–Crippen MR) is 78.3 cm³/mol. The van der Waals surface area contributed by atoms with Gasteiger partial charge in [-0.25, -0.2) is 8.42 Å². The number of anilines is 2. The molecular formula is C12H12BrN3O2S. The standard InChI is InChI=1S/C12H12BrN3O2S/c1-8-4-5-15-7-11(8)16-19(17,18)12-6-9(14)2-3-10(12)13/h2-7,16H,14H2,1H3. The molecule has 0 saturated carbocycles. The van der Waals surface area contributed by atoms with E-state index >= 15 is 0 Å². The van der Waals surface area contributed by atoms with Crippen LogP contribution in [-0.2, 0) is 10.0 Å². The molecule has 0 aliphatic heterocycles. The molecule has 1 heterocycles. The van der Waals surface area contributed by atoms with Crippen LogP contribution in [0, 0.1) is 6.92 Å². The molecule has 1 aromatic heterocycles. The summed E-state index contributed by atoms with van der Waals surface area (Å²) in [6.45, 7) is 1.80. The third-order valence-corrected chi connectivity index (χ3v) is 4.89. The molecule has 0 atom stereocenters. The van der Waals surface area contributed by atoms with E-state index in [1.807, 2.05) is 0 Å². The summed E-state index contributed by atoms with van der Waals surface area (Å²) >= 11 is 3.21. The van der Waals surface area contributed by atoms with Crippen molar-refractivity contribution in [3.05, 3.63) is 46.7 Å². The van der Waals surface area contributed by atoms with E-state index in [0.717, 1.165) is 5.56 Å². The average Bonchev–Trinajstić information content (AvgIpc) is 2.35. The lowest BCUT2D eigenvalue weighted by molar-refractivity contribution is 0.600. The highest BCUT2D eigenvalue weighted by Gasteiger charge is 2.18. The highest BCUT2D eigenvalue weighted by atomic mass is 79.9. The van der Waals surface area contributed by atoms with Crippen molar-refractivity contribution in [1.29, 1.82) is 0 Å². The molecule has 5 nitrogen and oxygen atoms in total. The Morgan fingerprint density at radius 2 is 2.05 bits per heavy atom. The molecule has 100 valence electrons. The van der Waals surface area contributed by atoms with Crippen LogP contribution in [-0.4, -0.2) is 13.4 Å². The second-order valence-electron chi connectivity index (χ2n) is 3.99. The van der Waals surface area contributed by atoms with Gasteiger partial charge in [-0.3, -0.25) is 9.71 Å². The Hall–Kier alpha value is -1.60.